The van der Waals surface area contributed by atoms with Crippen LogP contribution in [0.1, 0.15) is 18.9 Å². The Bertz CT molecular complexity index is 1220. The van der Waals surface area contributed by atoms with Gasteiger partial charge in [0.15, 0.2) is 5.82 Å². The second-order valence-electron chi connectivity index (χ2n) is 8.34. The van der Waals surface area contributed by atoms with Crippen LogP contribution in [0.25, 0.3) is 0 Å². The fourth-order valence-corrected chi connectivity index (χ4v) is 3.57. The van der Waals surface area contributed by atoms with Crippen LogP contribution < -0.4 is 31.5 Å². The summed E-state index contributed by atoms with van der Waals surface area (Å²) in [6.45, 7) is 2.68. The number of hydrazine groups is 1. The van der Waals surface area contributed by atoms with E-state index in [0.717, 1.165) is 0 Å². The van der Waals surface area contributed by atoms with E-state index in [2.05, 4.69) is 20.6 Å². The molecular formula is C23H27F2N9O2. The molecule has 1 amide bonds. The fraction of sp³-hybridized carbons (Fsp3) is 0.304. The van der Waals surface area contributed by atoms with E-state index in [0.29, 0.717) is 41.8 Å². The third kappa shape index (κ3) is 5.51. The summed E-state index contributed by atoms with van der Waals surface area (Å²) in [7, 11) is 1.76. The number of anilines is 3. The van der Waals surface area contributed by atoms with Crippen LogP contribution in [-0.4, -0.2) is 45.6 Å². The fourth-order valence-electron chi connectivity index (χ4n) is 3.57. The quantitative estimate of drug-likeness (QED) is 0.298. The van der Waals surface area contributed by atoms with Crippen molar-refractivity contribution in [2.24, 2.45) is 24.5 Å². The van der Waals surface area contributed by atoms with E-state index in [-0.39, 0.29) is 29.9 Å². The molecule has 1 fully saturated rings. The first-order chi connectivity index (χ1) is 17.2. The molecule has 5 N–H and O–H groups in total. The van der Waals surface area contributed by atoms with Gasteiger partial charge in [-0.1, -0.05) is 12.1 Å². The number of amides is 1. The Morgan fingerprint density at radius 1 is 1.19 bits per heavy atom. The van der Waals surface area contributed by atoms with Crippen LogP contribution in [-0.2, 0) is 11.8 Å². The maximum atomic E-state index is 12.8. The number of carbonyl (C=O) groups is 1. The third-order valence-corrected chi connectivity index (χ3v) is 5.80. The summed E-state index contributed by atoms with van der Waals surface area (Å²) >= 11 is 0. The van der Waals surface area contributed by atoms with E-state index in [4.69, 9.17) is 16.3 Å². The summed E-state index contributed by atoms with van der Waals surface area (Å²) in [4.78, 5) is 14.3. The number of nitrogens with one attached hydrogen (secondary N) is 1. The minimum absolute atomic E-state index is 0.0105. The van der Waals surface area contributed by atoms with Crippen molar-refractivity contribution in [3.8, 4) is 5.88 Å². The summed E-state index contributed by atoms with van der Waals surface area (Å²) in [5.74, 6) is 7.44. The summed E-state index contributed by atoms with van der Waals surface area (Å²) in [6, 6.07) is 10.7. The summed E-state index contributed by atoms with van der Waals surface area (Å²) in [5.41, 5.74) is 7.19. The van der Waals surface area contributed by atoms with Gasteiger partial charge in [0.25, 0.3) is 6.43 Å². The highest BCUT2D eigenvalue weighted by Gasteiger charge is 2.34. The Labute approximate surface area is 206 Å². The number of allylic oxidation sites excluding steroid dienone is 1. The van der Waals surface area contributed by atoms with Crippen molar-refractivity contribution in [3.05, 3.63) is 65.6 Å². The van der Waals surface area contributed by atoms with Crippen LogP contribution in [0.3, 0.4) is 0 Å². The number of hydrogen-bond acceptors (Lipinski definition) is 9. The van der Waals surface area contributed by atoms with Gasteiger partial charge >= 0.3 is 0 Å². The van der Waals surface area contributed by atoms with Crippen LogP contribution in [0.2, 0.25) is 0 Å². The zero-order chi connectivity index (χ0) is 25.8. The van der Waals surface area contributed by atoms with Gasteiger partial charge in [-0.2, -0.15) is 5.10 Å². The molecule has 190 valence electrons. The van der Waals surface area contributed by atoms with Gasteiger partial charge in [-0.05, 0) is 25.1 Å². The number of nitrogens with two attached hydrogens (primary N) is 2. The van der Waals surface area contributed by atoms with E-state index in [1.165, 1.54) is 29.3 Å². The molecule has 1 aromatic carbocycles. The lowest BCUT2D eigenvalue weighted by Gasteiger charge is -2.38. The molecular weight excluding hydrogens is 472 g/mol. The Morgan fingerprint density at radius 2 is 1.92 bits per heavy atom. The van der Waals surface area contributed by atoms with Crippen LogP contribution in [0.5, 0.6) is 5.88 Å². The minimum atomic E-state index is -2.56. The van der Waals surface area contributed by atoms with E-state index >= 15 is 0 Å². The van der Waals surface area contributed by atoms with E-state index < -0.39 is 6.43 Å². The number of alkyl halides is 2. The van der Waals surface area contributed by atoms with Crippen LogP contribution in [0.4, 0.5) is 26.1 Å². The van der Waals surface area contributed by atoms with Crippen LogP contribution >= 0.6 is 0 Å². The van der Waals surface area contributed by atoms with Gasteiger partial charge in [0.1, 0.15) is 12.4 Å². The van der Waals surface area contributed by atoms with Crippen molar-refractivity contribution >= 4 is 23.2 Å². The van der Waals surface area contributed by atoms with Gasteiger partial charge in [0.05, 0.1) is 23.5 Å². The second-order valence-corrected chi connectivity index (χ2v) is 8.34. The van der Waals surface area contributed by atoms with Crippen molar-refractivity contribution in [2.45, 2.75) is 13.3 Å². The number of ether oxygens (including phenoxy) is 1. The first-order valence-corrected chi connectivity index (χ1v) is 11.1. The molecule has 0 bridgehead atoms. The summed E-state index contributed by atoms with van der Waals surface area (Å²) < 4.78 is 32.9. The molecule has 0 aliphatic carbocycles. The Balaban J connectivity index is 1.30. The predicted molar refractivity (Wildman–Crippen MR) is 130 cm³/mol. The molecule has 3 aromatic rings. The molecule has 0 saturated carbocycles. The van der Waals surface area contributed by atoms with Crippen molar-refractivity contribution < 1.29 is 18.3 Å². The second kappa shape index (κ2) is 10.6. The minimum Gasteiger partial charge on any atom is -0.470 e. The highest BCUT2D eigenvalue weighted by Crippen LogP contribution is 2.26. The maximum absolute atomic E-state index is 12.8. The number of aryl methyl sites for hydroxylation is 1. The molecule has 0 radical (unpaired) electrons. The van der Waals surface area contributed by atoms with Gasteiger partial charge in [0.2, 0.25) is 11.8 Å². The average molecular weight is 500 g/mol. The number of nitrogens with zero attached hydrogens (tertiary/aromatic N) is 6. The van der Waals surface area contributed by atoms with E-state index in [9.17, 15) is 13.6 Å². The number of hydrogen-bond donors (Lipinski definition) is 3. The van der Waals surface area contributed by atoms with Gasteiger partial charge < -0.3 is 20.7 Å². The first kappa shape index (κ1) is 24.9. The zero-order valence-electron chi connectivity index (χ0n) is 19.8. The zero-order valence-corrected chi connectivity index (χ0v) is 19.8. The Kier molecular flexibility index (Phi) is 7.29. The monoisotopic (exact) mass is 499 g/mol. The maximum Gasteiger partial charge on any atom is 0.263 e. The molecule has 13 heteroatoms. The predicted octanol–water partition coefficient (Wildman–Crippen LogP) is 2.17. The molecule has 0 atom stereocenters. The van der Waals surface area contributed by atoms with Gasteiger partial charge in [0, 0.05) is 43.5 Å². The molecule has 11 nitrogen and oxygen atoms in total. The SMILES string of the molecule is C/C(N)=C(\COc1ccc(N2CC(C(=O)Nc3ccnn3C)C2)nn1)N(N)c1ccc(C(F)F)cc1. The lowest BCUT2D eigenvalue weighted by Crippen LogP contribution is -2.52. The highest BCUT2D eigenvalue weighted by molar-refractivity contribution is 5.93. The van der Waals surface area contributed by atoms with E-state index in [1.54, 1.807) is 43.0 Å². The third-order valence-electron chi connectivity index (χ3n) is 5.80. The molecule has 0 spiro atoms. The number of aromatic nitrogens is 4. The van der Waals surface area contributed by atoms with Crippen molar-refractivity contribution in [3.63, 3.8) is 0 Å². The van der Waals surface area contributed by atoms with Crippen LogP contribution in [0.15, 0.2) is 60.1 Å². The topological polar surface area (TPSA) is 140 Å². The number of benzene rings is 1. The standard InChI is InChI=1S/C23H27F2N9O2/c1-14(26)18(34(27)17-5-3-15(4-6-17)22(24)25)13-36-21-8-7-20(30-31-21)33-11-16(12-33)23(35)29-19-9-10-28-32(19)2/h3-10,16,22H,11-13,26-27H2,1-2H3,(H,29,35)/b18-14-. The van der Waals surface area contributed by atoms with Crippen molar-refractivity contribution in [1.82, 2.24) is 20.0 Å². The molecule has 3 heterocycles. The lowest BCUT2D eigenvalue weighted by atomic mass is 9.99. The van der Waals surface area contributed by atoms with Crippen LogP contribution in [0, 0.1) is 5.92 Å². The molecule has 4 rings (SSSR count). The van der Waals surface area contributed by atoms with Crippen molar-refractivity contribution in [2.75, 3.05) is 34.9 Å². The number of halogens is 2. The molecule has 1 aliphatic heterocycles. The molecule has 36 heavy (non-hydrogen) atoms. The number of carbonyl (C=O) groups excluding carboxylic acids is 1. The summed E-state index contributed by atoms with van der Waals surface area (Å²) in [6.07, 6.45) is -0.944. The molecule has 2 aromatic heterocycles. The Morgan fingerprint density at radius 3 is 2.47 bits per heavy atom. The smallest absolute Gasteiger partial charge is 0.263 e. The highest BCUT2D eigenvalue weighted by atomic mass is 19.3. The van der Waals surface area contributed by atoms with Gasteiger partial charge in [-0.25, -0.2) is 14.6 Å². The number of rotatable bonds is 9. The normalized spacial score (nSPS) is 14.3. The Hall–Kier alpha value is -4.26. The average Bonchev–Trinajstić information content (AvgIpc) is 3.23. The largest absolute Gasteiger partial charge is 0.470 e. The van der Waals surface area contributed by atoms with Crippen molar-refractivity contribution in [1.29, 1.82) is 0 Å². The lowest BCUT2D eigenvalue weighted by molar-refractivity contribution is -0.120. The molecule has 0 unspecified atom stereocenters. The van der Waals surface area contributed by atoms with Gasteiger partial charge in [-0.15, -0.1) is 10.2 Å². The molecule has 1 saturated heterocycles. The molecule has 1 aliphatic rings. The summed E-state index contributed by atoms with van der Waals surface area (Å²) in [5, 5.41) is 16.4. The van der Waals surface area contributed by atoms with Gasteiger partial charge in [-0.3, -0.25) is 14.5 Å². The first-order valence-electron chi connectivity index (χ1n) is 11.1. The van der Waals surface area contributed by atoms with E-state index in [1.807, 2.05) is 4.90 Å².